The van der Waals surface area contributed by atoms with Crippen LogP contribution in [-0.2, 0) is 11.3 Å². The van der Waals surface area contributed by atoms with E-state index in [1.807, 2.05) is 24.4 Å². The molecule has 0 saturated carbocycles. The first kappa shape index (κ1) is 14.2. The van der Waals surface area contributed by atoms with E-state index in [2.05, 4.69) is 54.1 Å². The van der Waals surface area contributed by atoms with Gasteiger partial charge in [-0.2, -0.15) is 0 Å². The molecule has 1 unspecified atom stereocenters. The van der Waals surface area contributed by atoms with Crippen LogP contribution < -0.4 is 0 Å². The van der Waals surface area contributed by atoms with Crippen molar-refractivity contribution in [3.05, 3.63) is 66.0 Å². The smallest absolute Gasteiger partial charge is 0.0953 e. The quantitative estimate of drug-likeness (QED) is 0.862. The Morgan fingerprint density at radius 3 is 2.62 bits per heavy atom. The summed E-state index contributed by atoms with van der Waals surface area (Å²) in [5.74, 6) is 0. The molecule has 1 aliphatic rings. The molecule has 1 atom stereocenters. The van der Waals surface area contributed by atoms with Gasteiger partial charge in [0.25, 0.3) is 0 Å². The molecule has 2 heterocycles. The van der Waals surface area contributed by atoms with Gasteiger partial charge in [0.15, 0.2) is 0 Å². The van der Waals surface area contributed by atoms with Gasteiger partial charge in [-0.3, -0.25) is 9.88 Å². The highest BCUT2D eigenvalue weighted by Crippen LogP contribution is 2.31. The van der Waals surface area contributed by atoms with E-state index in [0.29, 0.717) is 0 Å². The summed E-state index contributed by atoms with van der Waals surface area (Å²) >= 11 is 0. The van der Waals surface area contributed by atoms with Crippen LogP contribution in [-0.4, -0.2) is 28.6 Å². The summed E-state index contributed by atoms with van der Waals surface area (Å²) in [6, 6.07) is 16.6. The van der Waals surface area contributed by atoms with E-state index in [1.54, 1.807) is 0 Å². The number of nitrogens with zero attached hydrogens (tertiary/aromatic N) is 2. The van der Waals surface area contributed by atoms with Crippen LogP contribution >= 0.6 is 0 Å². The average molecular weight is 282 g/mol. The first-order valence-corrected chi connectivity index (χ1v) is 7.47. The van der Waals surface area contributed by atoms with Crippen LogP contribution in [0, 0.1) is 0 Å². The Balaban J connectivity index is 1.77. The monoisotopic (exact) mass is 282 g/mol. The maximum Gasteiger partial charge on any atom is 0.0953 e. The molecule has 21 heavy (non-hydrogen) atoms. The highest BCUT2D eigenvalue weighted by Gasteiger charge is 2.35. The predicted molar refractivity (Wildman–Crippen MR) is 83.9 cm³/mol. The third-order valence-corrected chi connectivity index (χ3v) is 4.13. The van der Waals surface area contributed by atoms with Crippen LogP contribution in [0.3, 0.4) is 0 Å². The van der Waals surface area contributed by atoms with Gasteiger partial charge in [0.2, 0.25) is 0 Å². The average Bonchev–Trinajstić information content (AvgIpc) is 2.51. The fourth-order valence-corrected chi connectivity index (χ4v) is 2.73. The predicted octanol–water partition coefficient (Wildman–Crippen LogP) is 3.43. The Labute approximate surface area is 126 Å². The van der Waals surface area contributed by atoms with E-state index in [1.165, 1.54) is 5.56 Å². The van der Waals surface area contributed by atoms with Crippen molar-refractivity contribution in [3.63, 3.8) is 0 Å². The van der Waals surface area contributed by atoms with E-state index >= 15 is 0 Å². The van der Waals surface area contributed by atoms with Gasteiger partial charge in [-0.05, 0) is 31.5 Å². The summed E-state index contributed by atoms with van der Waals surface area (Å²) in [5, 5.41) is 0. The van der Waals surface area contributed by atoms with Crippen LogP contribution in [0.2, 0.25) is 0 Å². The number of benzene rings is 1. The molecule has 0 radical (unpaired) electrons. The number of aromatic nitrogens is 1. The fraction of sp³-hybridized carbons (Fsp3) is 0.389. The summed E-state index contributed by atoms with van der Waals surface area (Å²) in [6.07, 6.45) is 2.00. The zero-order valence-corrected chi connectivity index (χ0v) is 12.7. The van der Waals surface area contributed by atoms with Crippen LogP contribution in [0.15, 0.2) is 54.7 Å². The third kappa shape index (κ3) is 3.31. The van der Waals surface area contributed by atoms with Crippen LogP contribution in [0.4, 0.5) is 0 Å². The van der Waals surface area contributed by atoms with Gasteiger partial charge in [0, 0.05) is 24.8 Å². The Kier molecular flexibility index (Phi) is 4.04. The molecular weight excluding hydrogens is 260 g/mol. The lowest BCUT2D eigenvalue weighted by molar-refractivity contribution is -0.104. The van der Waals surface area contributed by atoms with Gasteiger partial charge < -0.3 is 4.74 Å². The van der Waals surface area contributed by atoms with Gasteiger partial charge in [-0.1, -0.05) is 36.4 Å². The van der Waals surface area contributed by atoms with Crippen LogP contribution in [0.5, 0.6) is 0 Å². The molecule has 0 spiro atoms. The van der Waals surface area contributed by atoms with Crippen molar-refractivity contribution in [1.29, 1.82) is 0 Å². The van der Waals surface area contributed by atoms with Gasteiger partial charge in [-0.25, -0.2) is 0 Å². The molecule has 3 heteroatoms. The minimum atomic E-state index is 0.0306. The summed E-state index contributed by atoms with van der Waals surface area (Å²) < 4.78 is 6.09. The standard InChI is InChI=1S/C18H22N2O/c1-18(2)14-21-17(15-8-4-3-5-9-15)13-20(18)12-16-10-6-7-11-19-16/h3-11,17H,12-14H2,1-2H3. The third-order valence-electron chi connectivity index (χ3n) is 4.13. The summed E-state index contributed by atoms with van der Waals surface area (Å²) in [7, 11) is 0. The molecule has 1 aliphatic heterocycles. The molecule has 110 valence electrons. The number of hydrogen-bond acceptors (Lipinski definition) is 3. The number of ether oxygens (including phenoxy) is 1. The maximum atomic E-state index is 6.09. The van der Waals surface area contributed by atoms with E-state index in [9.17, 15) is 0 Å². The van der Waals surface area contributed by atoms with E-state index in [4.69, 9.17) is 4.74 Å². The van der Waals surface area contributed by atoms with Crippen molar-refractivity contribution in [3.8, 4) is 0 Å². The number of pyridine rings is 1. The van der Waals surface area contributed by atoms with Crippen molar-refractivity contribution < 1.29 is 4.74 Å². The molecule has 3 nitrogen and oxygen atoms in total. The molecule has 1 fully saturated rings. The largest absolute Gasteiger partial charge is 0.370 e. The molecule has 1 saturated heterocycles. The molecule has 0 bridgehead atoms. The minimum absolute atomic E-state index is 0.0306. The van der Waals surface area contributed by atoms with Crippen LogP contribution in [0.1, 0.15) is 31.2 Å². The van der Waals surface area contributed by atoms with Crippen molar-refractivity contribution in [1.82, 2.24) is 9.88 Å². The summed E-state index contributed by atoms with van der Waals surface area (Å²) in [4.78, 5) is 6.92. The molecule has 3 rings (SSSR count). The van der Waals surface area contributed by atoms with Gasteiger partial charge in [-0.15, -0.1) is 0 Å². The Morgan fingerprint density at radius 1 is 1.14 bits per heavy atom. The lowest BCUT2D eigenvalue weighted by Crippen LogP contribution is -2.53. The zero-order chi connectivity index (χ0) is 14.7. The first-order valence-electron chi connectivity index (χ1n) is 7.47. The molecule has 1 aromatic heterocycles. The van der Waals surface area contributed by atoms with E-state index in [-0.39, 0.29) is 11.6 Å². The summed E-state index contributed by atoms with van der Waals surface area (Å²) in [6.45, 7) is 6.96. The first-order chi connectivity index (χ1) is 10.1. The Morgan fingerprint density at radius 2 is 1.90 bits per heavy atom. The second kappa shape index (κ2) is 5.96. The highest BCUT2D eigenvalue weighted by atomic mass is 16.5. The second-order valence-electron chi connectivity index (χ2n) is 6.22. The van der Waals surface area contributed by atoms with Gasteiger partial charge >= 0.3 is 0 Å². The van der Waals surface area contributed by atoms with Gasteiger partial charge in [0.1, 0.15) is 0 Å². The van der Waals surface area contributed by atoms with Crippen molar-refractivity contribution in [2.24, 2.45) is 0 Å². The lowest BCUT2D eigenvalue weighted by Gasteiger charge is -2.45. The molecule has 0 aliphatic carbocycles. The van der Waals surface area contributed by atoms with Crippen LogP contribution in [0.25, 0.3) is 0 Å². The molecule has 0 N–H and O–H groups in total. The molecule has 1 aromatic carbocycles. The second-order valence-corrected chi connectivity index (χ2v) is 6.22. The van der Waals surface area contributed by atoms with Crippen molar-refractivity contribution in [2.45, 2.75) is 32.0 Å². The molecule has 0 amide bonds. The molecular formula is C18H22N2O. The zero-order valence-electron chi connectivity index (χ0n) is 12.7. The topological polar surface area (TPSA) is 25.4 Å². The number of morpholine rings is 1. The van der Waals surface area contributed by atoms with Crippen molar-refractivity contribution in [2.75, 3.05) is 13.2 Å². The van der Waals surface area contributed by atoms with Gasteiger partial charge in [0.05, 0.1) is 18.4 Å². The Bertz CT molecular complexity index is 568. The van der Waals surface area contributed by atoms with E-state index < -0.39 is 0 Å². The highest BCUT2D eigenvalue weighted by molar-refractivity contribution is 5.19. The van der Waals surface area contributed by atoms with E-state index in [0.717, 1.165) is 25.4 Å². The number of hydrogen-bond donors (Lipinski definition) is 0. The summed E-state index contributed by atoms with van der Waals surface area (Å²) in [5.41, 5.74) is 2.39. The minimum Gasteiger partial charge on any atom is -0.370 e. The maximum absolute atomic E-state index is 6.09. The fourth-order valence-electron chi connectivity index (χ4n) is 2.73. The normalized spacial score (nSPS) is 22.1. The SMILES string of the molecule is CC1(C)COC(c2ccccc2)CN1Cc1ccccn1. The molecule has 2 aromatic rings. The Hall–Kier alpha value is -1.71. The van der Waals surface area contributed by atoms with Crippen molar-refractivity contribution >= 4 is 0 Å². The number of rotatable bonds is 3. The lowest BCUT2D eigenvalue weighted by atomic mass is 9.98.